The highest BCUT2D eigenvalue weighted by Crippen LogP contribution is 2.41. The summed E-state index contributed by atoms with van der Waals surface area (Å²) in [6.45, 7) is 9.07. The largest absolute Gasteiger partial charge is 0.489 e. The summed E-state index contributed by atoms with van der Waals surface area (Å²) >= 11 is 4.69. The molecular formula is C30H37NO3S. The van der Waals surface area contributed by atoms with E-state index in [4.69, 9.17) is 9.47 Å². The van der Waals surface area contributed by atoms with Crippen molar-refractivity contribution in [2.45, 2.75) is 71.8 Å². The van der Waals surface area contributed by atoms with Crippen molar-refractivity contribution in [1.82, 2.24) is 4.31 Å². The van der Waals surface area contributed by atoms with Gasteiger partial charge in [0.05, 0.1) is 5.56 Å². The number of esters is 1. The highest BCUT2D eigenvalue weighted by molar-refractivity contribution is 7.77. The summed E-state index contributed by atoms with van der Waals surface area (Å²) in [5.41, 5.74) is 3.49. The zero-order chi connectivity index (χ0) is 24.3. The number of rotatable bonds is 6. The maximum Gasteiger partial charge on any atom is 0.338 e. The molecule has 1 fully saturated rings. The van der Waals surface area contributed by atoms with Crippen LogP contribution < -0.4 is 4.74 Å². The number of thiol groups is 1. The SMILES string of the molecule is C.CC1(C)CC(OC(=O)c2ccc(-c3ccc(OCc4ccccc4)cc3)cc2)CC(C)(C)N1S. The molecule has 4 rings (SSSR count). The lowest BCUT2D eigenvalue weighted by Gasteiger charge is -2.51. The molecule has 0 radical (unpaired) electrons. The average molecular weight is 492 g/mol. The second-order valence-corrected chi connectivity index (χ2v) is 10.6. The van der Waals surface area contributed by atoms with Crippen molar-refractivity contribution >= 4 is 18.8 Å². The molecule has 1 aliphatic heterocycles. The second-order valence-electron chi connectivity index (χ2n) is 10.2. The van der Waals surface area contributed by atoms with E-state index in [1.54, 1.807) is 0 Å². The van der Waals surface area contributed by atoms with E-state index in [0.717, 1.165) is 35.3 Å². The summed E-state index contributed by atoms with van der Waals surface area (Å²) in [6.07, 6.45) is 1.37. The molecule has 5 heteroatoms. The molecule has 0 aliphatic carbocycles. The van der Waals surface area contributed by atoms with Gasteiger partial charge >= 0.3 is 5.97 Å². The van der Waals surface area contributed by atoms with Crippen molar-refractivity contribution in [3.63, 3.8) is 0 Å². The van der Waals surface area contributed by atoms with E-state index < -0.39 is 0 Å². The number of carbonyl (C=O) groups is 1. The molecule has 0 amide bonds. The van der Waals surface area contributed by atoms with Crippen LogP contribution in [0, 0.1) is 0 Å². The first-order valence-corrected chi connectivity index (χ1v) is 12.1. The van der Waals surface area contributed by atoms with Gasteiger partial charge in [0, 0.05) is 23.9 Å². The van der Waals surface area contributed by atoms with E-state index in [2.05, 4.69) is 44.8 Å². The number of carbonyl (C=O) groups excluding carboxylic acids is 1. The average Bonchev–Trinajstić information content (AvgIpc) is 2.82. The molecule has 3 aromatic carbocycles. The van der Waals surface area contributed by atoms with Gasteiger partial charge in [0.2, 0.25) is 0 Å². The maximum absolute atomic E-state index is 12.8. The van der Waals surface area contributed by atoms with E-state index in [1.165, 1.54) is 0 Å². The second kappa shape index (κ2) is 10.9. The Labute approximate surface area is 215 Å². The van der Waals surface area contributed by atoms with Crippen LogP contribution in [0.15, 0.2) is 78.9 Å². The zero-order valence-corrected chi connectivity index (χ0v) is 21.2. The first-order valence-electron chi connectivity index (χ1n) is 11.7. The van der Waals surface area contributed by atoms with Crippen molar-refractivity contribution < 1.29 is 14.3 Å². The van der Waals surface area contributed by atoms with Crippen LogP contribution in [0.1, 0.15) is 63.9 Å². The van der Waals surface area contributed by atoms with Gasteiger partial charge < -0.3 is 9.47 Å². The lowest BCUT2D eigenvalue weighted by atomic mass is 9.81. The van der Waals surface area contributed by atoms with Gasteiger partial charge in [-0.15, -0.1) is 0 Å². The van der Waals surface area contributed by atoms with Crippen LogP contribution in [0.25, 0.3) is 11.1 Å². The Hall–Kier alpha value is -2.76. The van der Waals surface area contributed by atoms with E-state index in [0.29, 0.717) is 12.2 Å². The predicted molar refractivity (Wildman–Crippen MR) is 147 cm³/mol. The van der Waals surface area contributed by atoms with Crippen LogP contribution in [0.2, 0.25) is 0 Å². The normalized spacial score (nSPS) is 17.3. The molecule has 1 aliphatic rings. The maximum atomic E-state index is 12.8. The lowest BCUT2D eigenvalue weighted by Crippen LogP contribution is -2.58. The highest BCUT2D eigenvalue weighted by atomic mass is 32.1. The fourth-order valence-corrected chi connectivity index (χ4v) is 4.93. The Bertz CT molecular complexity index is 1090. The Morgan fingerprint density at radius 2 is 1.37 bits per heavy atom. The topological polar surface area (TPSA) is 38.8 Å². The van der Waals surface area contributed by atoms with E-state index in [-0.39, 0.29) is 30.6 Å². The van der Waals surface area contributed by atoms with Crippen LogP contribution in [0.5, 0.6) is 5.75 Å². The molecule has 35 heavy (non-hydrogen) atoms. The van der Waals surface area contributed by atoms with E-state index in [9.17, 15) is 4.79 Å². The molecule has 0 spiro atoms. The molecule has 0 atom stereocenters. The summed E-state index contributed by atoms with van der Waals surface area (Å²) < 4.78 is 13.9. The highest BCUT2D eigenvalue weighted by Gasteiger charge is 2.45. The molecule has 0 saturated carbocycles. The van der Waals surface area contributed by atoms with Crippen molar-refractivity contribution in [2.75, 3.05) is 0 Å². The van der Waals surface area contributed by atoms with Gasteiger partial charge in [-0.2, -0.15) is 0 Å². The molecule has 0 aromatic heterocycles. The van der Waals surface area contributed by atoms with Crippen LogP contribution >= 0.6 is 12.8 Å². The van der Waals surface area contributed by atoms with Crippen LogP contribution in [0.4, 0.5) is 0 Å². The molecule has 0 unspecified atom stereocenters. The molecular weight excluding hydrogens is 454 g/mol. The molecule has 1 heterocycles. The van der Waals surface area contributed by atoms with Gasteiger partial charge in [-0.1, -0.05) is 74.8 Å². The monoisotopic (exact) mass is 491 g/mol. The number of hydrogen-bond donors (Lipinski definition) is 1. The minimum atomic E-state index is -0.277. The van der Waals surface area contributed by atoms with E-state index in [1.807, 2.05) is 78.9 Å². The number of hydrogen-bond acceptors (Lipinski definition) is 5. The first-order chi connectivity index (χ1) is 16.1. The number of benzene rings is 3. The van der Waals surface area contributed by atoms with Crippen molar-refractivity contribution in [1.29, 1.82) is 0 Å². The van der Waals surface area contributed by atoms with Gasteiger partial charge in [-0.3, -0.25) is 0 Å². The minimum absolute atomic E-state index is 0. The molecule has 1 saturated heterocycles. The van der Waals surface area contributed by atoms with Gasteiger partial charge in [0.15, 0.2) is 0 Å². The van der Waals surface area contributed by atoms with Crippen LogP contribution in [-0.4, -0.2) is 27.5 Å². The standard InChI is InChI=1S/C29H33NO3S.CH4/c1-28(2)18-26(19-29(3,4)30(28)34)33-27(31)24-12-10-22(11-13-24)23-14-16-25(17-15-23)32-20-21-8-6-5-7-9-21;/h5-17,26,34H,18-20H2,1-4H3;1H4. The summed E-state index contributed by atoms with van der Waals surface area (Å²) in [5, 5.41) is 0. The van der Waals surface area contributed by atoms with Crippen LogP contribution in [0.3, 0.4) is 0 Å². The van der Waals surface area contributed by atoms with Gasteiger partial charge in [0.1, 0.15) is 18.5 Å². The fraction of sp³-hybridized carbons (Fsp3) is 0.367. The van der Waals surface area contributed by atoms with Crippen molar-refractivity contribution in [2.24, 2.45) is 0 Å². The van der Waals surface area contributed by atoms with Crippen molar-refractivity contribution in [3.05, 3.63) is 90.0 Å². The summed E-state index contributed by atoms with van der Waals surface area (Å²) in [6, 6.07) is 25.7. The van der Waals surface area contributed by atoms with Gasteiger partial charge in [-0.25, -0.2) is 9.10 Å². The molecule has 0 N–H and O–H groups in total. The minimum Gasteiger partial charge on any atom is -0.489 e. The number of piperidine rings is 1. The number of nitrogens with zero attached hydrogens (tertiary/aromatic N) is 1. The third kappa shape index (κ3) is 6.47. The smallest absolute Gasteiger partial charge is 0.338 e. The molecule has 3 aromatic rings. The van der Waals surface area contributed by atoms with Gasteiger partial charge in [0.25, 0.3) is 0 Å². The predicted octanol–water partition coefficient (Wildman–Crippen LogP) is 7.59. The summed E-state index contributed by atoms with van der Waals surface area (Å²) in [4.78, 5) is 12.8. The van der Waals surface area contributed by atoms with E-state index >= 15 is 0 Å². The third-order valence-electron chi connectivity index (χ3n) is 6.43. The Morgan fingerprint density at radius 1 is 0.857 bits per heavy atom. The Kier molecular flexibility index (Phi) is 8.34. The quantitative estimate of drug-likeness (QED) is 0.285. The Morgan fingerprint density at radius 3 is 1.91 bits per heavy atom. The van der Waals surface area contributed by atoms with Crippen LogP contribution in [-0.2, 0) is 11.3 Å². The molecule has 186 valence electrons. The lowest BCUT2D eigenvalue weighted by molar-refractivity contribution is -0.0386. The number of ether oxygens (including phenoxy) is 2. The van der Waals surface area contributed by atoms with Gasteiger partial charge in [-0.05, 0) is 68.7 Å². The third-order valence-corrected chi connectivity index (χ3v) is 7.51. The molecule has 0 bridgehead atoms. The first kappa shape index (κ1) is 26.8. The summed E-state index contributed by atoms with van der Waals surface area (Å²) in [7, 11) is 0. The Balaban J connectivity index is 0.00000342. The zero-order valence-electron chi connectivity index (χ0n) is 20.3. The molecule has 4 nitrogen and oxygen atoms in total. The summed E-state index contributed by atoms with van der Waals surface area (Å²) in [5.74, 6) is 0.548. The van der Waals surface area contributed by atoms with Crippen molar-refractivity contribution in [3.8, 4) is 16.9 Å². The fourth-order valence-electron chi connectivity index (χ4n) is 4.76.